The first-order valence-corrected chi connectivity index (χ1v) is 6.97. The van der Waals surface area contributed by atoms with Crippen LogP contribution in [-0.4, -0.2) is 18.1 Å². The number of urea groups is 1. The lowest BCUT2D eigenvalue weighted by Gasteiger charge is -2.20. The van der Waals surface area contributed by atoms with Crippen LogP contribution in [0.2, 0.25) is 5.02 Å². The molecule has 4 nitrogen and oxygen atoms in total. The summed E-state index contributed by atoms with van der Waals surface area (Å²) in [7, 11) is 1.65. The molecule has 108 valence electrons. The maximum atomic E-state index is 12.3. The first-order valence-electron chi connectivity index (χ1n) is 6.18. The monoisotopic (exact) mass is 319 g/mol. The van der Waals surface area contributed by atoms with E-state index in [1.807, 2.05) is 12.1 Å². The highest BCUT2D eigenvalue weighted by Gasteiger charge is 2.15. The SMILES string of the molecule is CN(C(=O)Nc1cccc(Cl)c1)c1ccccc1C(N)=S. The molecule has 0 spiro atoms. The van der Waals surface area contributed by atoms with Crippen molar-refractivity contribution in [3.8, 4) is 0 Å². The summed E-state index contributed by atoms with van der Waals surface area (Å²) in [5, 5.41) is 3.32. The zero-order valence-electron chi connectivity index (χ0n) is 11.3. The Bertz CT molecular complexity index is 690. The number of rotatable bonds is 3. The minimum absolute atomic E-state index is 0.244. The van der Waals surface area contributed by atoms with E-state index in [2.05, 4.69) is 5.32 Å². The summed E-state index contributed by atoms with van der Waals surface area (Å²) < 4.78 is 0. The lowest BCUT2D eigenvalue weighted by atomic mass is 10.1. The van der Waals surface area contributed by atoms with E-state index in [1.165, 1.54) is 4.90 Å². The van der Waals surface area contributed by atoms with Gasteiger partial charge in [0, 0.05) is 23.3 Å². The number of carbonyl (C=O) groups is 1. The largest absolute Gasteiger partial charge is 0.389 e. The van der Waals surface area contributed by atoms with Crippen molar-refractivity contribution in [3.63, 3.8) is 0 Å². The van der Waals surface area contributed by atoms with Gasteiger partial charge >= 0.3 is 6.03 Å². The Kier molecular flexibility index (Phi) is 4.77. The fraction of sp³-hybridized carbons (Fsp3) is 0.0667. The van der Waals surface area contributed by atoms with Crippen LogP contribution in [-0.2, 0) is 0 Å². The highest BCUT2D eigenvalue weighted by Crippen LogP contribution is 2.21. The number of nitrogens with two attached hydrogens (primary N) is 1. The number of benzene rings is 2. The van der Waals surface area contributed by atoms with Crippen molar-refractivity contribution in [1.82, 2.24) is 0 Å². The highest BCUT2D eigenvalue weighted by molar-refractivity contribution is 7.80. The molecule has 2 amide bonds. The lowest BCUT2D eigenvalue weighted by molar-refractivity contribution is 0.258. The Balaban J connectivity index is 2.22. The molecule has 0 aliphatic heterocycles. The number of nitrogens with zero attached hydrogens (tertiary/aromatic N) is 1. The van der Waals surface area contributed by atoms with Gasteiger partial charge in [0.15, 0.2) is 0 Å². The molecule has 0 aromatic heterocycles. The van der Waals surface area contributed by atoms with Crippen LogP contribution < -0.4 is 16.0 Å². The number of para-hydroxylation sites is 1. The van der Waals surface area contributed by atoms with Crippen LogP contribution in [0.15, 0.2) is 48.5 Å². The van der Waals surface area contributed by atoms with Gasteiger partial charge in [-0.05, 0) is 30.3 Å². The minimum Gasteiger partial charge on any atom is -0.389 e. The van der Waals surface area contributed by atoms with E-state index in [-0.39, 0.29) is 11.0 Å². The van der Waals surface area contributed by atoms with E-state index in [4.69, 9.17) is 29.6 Å². The zero-order valence-corrected chi connectivity index (χ0v) is 12.9. The molecule has 3 N–H and O–H groups in total. The van der Waals surface area contributed by atoms with Gasteiger partial charge in [-0.2, -0.15) is 0 Å². The van der Waals surface area contributed by atoms with Crippen LogP contribution in [0.5, 0.6) is 0 Å². The third-order valence-corrected chi connectivity index (χ3v) is 3.37. The fourth-order valence-corrected chi connectivity index (χ4v) is 2.22. The third kappa shape index (κ3) is 3.71. The van der Waals surface area contributed by atoms with Crippen LogP contribution >= 0.6 is 23.8 Å². The highest BCUT2D eigenvalue weighted by atomic mass is 35.5. The second-order valence-corrected chi connectivity index (χ2v) is 5.26. The molecule has 2 aromatic carbocycles. The number of anilines is 2. The van der Waals surface area contributed by atoms with E-state index in [1.54, 1.807) is 43.4 Å². The molecular weight excluding hydrogens is 306 g/mol. The average molecular weight is 320 g/mol. The summed E-state index contributed by atoms with van der Waals surface area (Å²) in [6.07, 6.45) is 0. The minimum atomic E-state index is -0.305. The smallest absolute Gasteiger partial charge is 0.326 e. The Morgan fingerprint density at radius 1 is 1.24 bits per heavy atom. The van der Waals surface area contributed by atoms with Crippen LogP contribution in [0.4, 0.5) is 16.2 Å². The Hall–Kier alpha value is -2.11. The van der Waals surface area contributed by atoms with Crippen molar-refractivity contribution in [2.45, 2.75) is 0 Å². The molecule has 0 atom stereocenters. The third-order valence-electron chi connectivity index (χ3n) is 2.91. The van der Waals surface area contributed by atoms with Gasteiger partial charge in [-0.1, -0.05) is 42.0 Å². The predicted molar refractivity (Wildman–Crippen MR) is 91.2 cm³/mol. The number of carbonyl (C=O) groups excluding carboxylic acids is 1. The summed E-state index contributed by atoms with van der Waals surface area (Å²) in [6, 6.07) is 13.8. The van der Waals surface area contributed by atoms with E-state index in [9.17, 15) is 4.79 Å². The average Bonchev–Trinajstić information content (AvgIpc) is 2.46. The van der Waals surface area contributed by atoms with E-state index in [0.29, 0.717) is 22.0 Å². The van der Waals surface area contributed by atoms with Crippen LogP contribution in [0.25, 0.3) is 0 Å². The lowest BCUT2D eigenvalue weighted by Crippen LogP contribution is -2.32. The summed E-state index contributed by atoms with van der Waals surface area (Å²) >= 11 is 10.9. The maximum absolute atomic E-state index is 12.3. The molecule has 0 aliphatic carbocycles. The molecule has 0 fully saturated rings. The molecule has 0 saturated heterocycles. The van der Waals surface area contributed by atoms with Crippen molar-refractivity contribution in [2.75, 3.05) is 17.3 Å². The molecule has 0 saturated carbocycles. The van der Waals surface area contributed by atoms with E-state index in [0.717, 1.165) is 0 Å². The zero-order chi connectivity index (χ0) is 15.4. The number of thiocarbonyl (C=S) groups is 1. The summed E-state index contributed by atoms with van der Waals surface area (Å²) in [4.78, 5) is 14.0. The number of halogens is 1. The van der Waals surface area contributed by atoms with Crippen LogP contribution in [0.3, 0.4) is 0 Å². The number of nitrogens with one attached hydrogen (secondary N) is 1. The van der Waals surface area contributed by atoms with Gasteiger partial charge in [-0.15, -0.1) is 0 Å². The summed E-state index contributed by atoms with van der Waals surface area (Å²) in [5.41, 5.74) is 7.59. The van der Waals surface area contributed by atoms with Gasteiger partial charge in [0.05, 0.1) is 5.69 Å². The molecule has 6 heteroatoms. The van der Waals surface area contributed by atoms with E-state index >= 15 is 0 Å². The van der Waals surface area contributed by atoms with Crippen molar-refractivity contribution >= 4 is 46.2 Å². The Morgan fingerprint density at radius 3 is 2.62 bits per heavy atom. The van der Waals surface area contributed by atoms with Crippen molar-refractivity contribution in [1.29, 1.82) is 0 Å². The molecule has 21 heavy (non-hydrogen) atoms. The molecule has 0 radical (unpaired) electrons. The first kappa shape index (κ1) is 15.3. The van der Waals surface area contributed by atoms with Gasteiger partial charge in [0.25, 0.3) is 0 Å². The Labute approximate surface area is 133 Å². The van der Waals surface area contributed by atoms with Crippen molar-refractivity contribution in [2.24, 2.45) is 5.73 Å². The van der Waals surface area contributed by atoms with Crippen molar-refractivity contribution in [3.05, 3.63) is 59.1 Å². The number of hydrogen-bond donors (Lipinski definition) is 2. The quantitative estimate of drug-likeness (QED) is 0.849. The molecule has 0 unspecified atom stereocenters. The summed E-state index contributed by atoms with van der Waals surface area (Å²) in [6.45, 7) is 0. The normalized spacial score (nSPS) is 10.0. The molecule has 2 rings (SSSR count). The second kappa shape index (κ2) is 6.56. The van der Waals surface area contributed by atoms with Gasteiger partial charge < -0.3 is 11.1 Å². The Morgan fingerprint density at radius 2 is 1.95 bits per heavy atom. The standard InChI is InChI=1S/C15H14ClN3OS/c1-19(13-8-3-2-7-12(13)14(17)21)15(20)18-11-6-4-5-10(16)9-11/h2-9H,1H3,(H2,17,21)(H,18,20). The van der Waals surface area contributed by atoms with Gasteiger partial charge in [-0.25, -0.2) is 4.79 Å². The number of amides is 2. The summed E-state index contributed by atoms with van der Waals surface area (Å²) in [5.74, 6) is 0. The van der Waals surface area contributed by atoms with Crippen LogP contribution in [0, 0.1) is 0 Å². The van der Waals surface area contributed by atoms with Gasteiger partial charge in [0.2, 0.25) is 0 Å². The molecule has 0 bridgehead atoms. The topological polar surface area (TPSA) is 58.4 Å². The van der Waals surface area contributed by atoms with Crippen LogP contribution in [0.1, 0.15) is 5.56 Å². The molecule has 0 heterocycles. The van der Waals surface area contributed by atoms with E-state index < -0.39 is 0 Å². The molecule has 2 aromatic rings. The molecule has 0 aliphatic rings. The maximum Gasteiger partial charge on any atom is 0.326 e. The van der Waals surface area contributed by atoms with Gasteiger partial charge in [0.1, 0.15) is 4.99 Å². The second-order valence-electron chi connectivity index (χ2n) is 4.38. The van der Waals surface area contributed by atoms with Crippen molar-refractivity contribution < 1.29 is 4.79 Å². The molecular formula is C15H14ClN3OS. The fourth-order valence-electron chi connectivity index (χ4n) is 1.86. The number of hydrogen-bond acceptors (Lipinski definition) is 2. The van der Waals surface area contributed by atoms with Gasteiger partial charge in [-0.3, -0.25) is 4.90 Å². The first-order chi connectivity index (χ1) is 9.99. The predicted octanol–water partition coefficient (Wildman–Crippen LogP) is 3.64.